The van der Waals surface area contributed by atoms with E-state index in [1.807, 2.05) is 18.2 Å². The first-order chi connectivity index (χ1) is 22.7. The summed E-state index contributed by atoms with van der Waals surface area (Å²) in [6.07, 6.45) is -10.2. The number of anilines is 1. The number of carbonyl (C=O) groups excluding carboxylic acids is 2. The van der Waals surface area contributed by atoms with Crippen molar-refractivity contribution in [1.82, 2.24) is 0 Å². The summed E-state index contributed by atoms with van der Waals surface area (Å²) >= 11 is 0. The molecule has 1 aliphatic heterocycles. The standard InChI is InChI=1S/C34H31F6NO7/c35-33(36,37)21-12-22(34(38,39)40)14-23(13-21)41-31(46)26-11-20(15-42)29(27(17-44)30(26)32(41)47)28(45)9-6-19(18-4-2-1-3-5-18)10-24-7-8-25(16-43)48-24/h1-5,7-8,10,12-14,26-28,30,42-45H,6,9,11,15-17H2/b19-10-/t26-,27+,28-,30-/m1/s1. The highest BCUT2D eigenvalue weighted by Gasteiger charge is 2.55. The summed E-state index contributed by atoms with van der Waals surface area (Å²) < 4.78 is 87.0. The smallest absolute Gasteiger partial charge is 0.416 e. The van der Waals surface area contributed by atoms with E-state index in [9.17, 15) is 56.4 Å². The largest absolute Gasteiger partial charge is 0.459 e. The average Bonchev–Trinajstić information content (AvgIpc) is 3.62. The number of benzene rings is 2. The topological polar surface area (TPSA) is 131 Å². The van der Waals surface area contributed by atoms with E-state index in [0.29, 0.717) is 17.1 Å². The van der Waals surface area contributed by atoms with Gasteiger partial charge < -0.3 is 24.8 Å². The lowest BCUT2D eigenvalue weighted by Crippen LogP contribution is -2.39. The number of allylic oxidation sites excluding steroid dienone is 1. The van der Waals surface area contributed by atoms with Crippen LogP contribution >= 0.6 is 0 Å². The number of furan rings is 1. The number of aliphatic hydroxyl groups is 4. The van der Waals surface area contributed by atoms with Crippen molar-refractivity contribution in [3.05, 3.63) is 100 Å². The molecule has 2 aliphatic rings. The van der Waals surface area contributed by atoms with E-state index >= 15 is 0 Å². The van der Waals surface area contributed by atoms with E-state index in [-0.39, 0.29) is 60.1 Å². The Morgan fingerprint density at radius 1 is 0.896 bits per heavy atom. The Hall–Kier alpha value is -4.24. The van der Waals surface area contributed by atoms with Crippen LogP contribution < -0.4 is 4.90 Å². The van der Waals surface area contributed by atoms with Crippen molar-refractivity contribution in [2.24, 2.45) is 17.8 Å². The number of hydrogen-bond donors (Lipinski definition) is 4. The summed E-state index contributed by atoms with van der Waals surface area (Å²) in [7, 11) is 0. The first-order valence-corrected chi connectivity index (χ1v) is 14.9. The van der Waals surface area contributed by atoms with Crippen LogP contribution in [0.5, 0.6) is 0 Å². The van der Waals surface area contributed by atoms with Crippen molar-refractivity contribution in [3.8, 4) is 0 Å². The first-order valence-electron chi connectivity index (χ1n) is 14.9. The van der Waals surface area contributed by atoms with Gasteiger partial charge in [-0.2, -0.15) is 26.3 Å². The third kappa shape index (κ3) is 6.97. The molecule has 1 aliphatic carbocycles. The molecule has 0 bridgehead atoms. The Labute approximate surface area is 270 Å². The molecule has 2 amide bonds. The molecule has 0 saturated carbocycles. The van der Waals surface area contributed by atoms with Gasteiger partial charge in [0.05, 0.1) is 48.0 Å². The number of aliphatic hydroxyl groups excluding tert-OH is 4. The van der Waals surface area contributed by atoms with Crippen LogP contribution in [0.2, 0.25) is 0 Å². The zero-order valence-corrected chi connectivity index (χ0v) is 25.1. The number of amides is 2. The molecule has 2 heterocycles. The molecule has 1 fully saturated rings. The summed E-state index contributed by atoms with van der Waals surface area (Å²) in [5, 5.41) is 41.5. The monoisotopic (exact) mass is 679 g/mol. The zero-order chi connectivity index (χ0) is 35.0. The van der Waals surface area contributed by atoms with Gasteiger partial charge in [-0.3, -0.25) is 9.59 Å². The number of alkyl halides is 6. The number of hydrogen-bond acceptors (Lipinski definition) is 7. The lowest BCUT2D eigenvalue weighted by Gasteiger charge is -2.36. The Bertz CT molecular complexity index is 1690. The van der Waals surface area contributed by atoms with Crippen LogP contribution in [0, 0.1) is 17.8 Å². The molecule has 14 heteroatoms. The second kappa shape index (κ2) is 13.7. The van der Waals surface area contributed by atoms with Crippen molar-refractivity contribution in [2.45, 2.75) is 44.3 Å². The van der Waals surface area contributed by atoms with E-state index < -0.39 is 78.1 Å². The average molecular weight is 680 g/mol. The third-order valence-corrected chi connectivity index (χ3v) is 8.75. The van der Waals surface area contributed by atoms with Crippen LogP contribution in [-0.4, -0.2) is 51.6 Å². The molecular weight excluding hydrogens is 648 g/mol. The van der Waals surface area contributed by atoms with Crippen LogP contribution in [0.3, 0.4) is 0 Å². The van der Waals surface area contributed by atoms with Crippen LogP contribution in [0.4, 0.5) is 32.0 Å². The van der Waals surface area contributed by atoms with Gasteiger partial charge in [-0.05, 0) is 78.0 Å². The molecule has 0 unspecified atom stereocenters. The fourth-order valence-corrected chi connectivity index (χ4v) is 6.56. The summed E-state index contributed by atoms with van der Waals surface area (Å²) in [5.74, 6) is -5.44. The second-order valence-electron chi connectivity index (χ2n) is 11.7. The number of nitrogens with zero attached hydrogens (tertiary/aromatic N) is 1. The zero-order valence-electron chi connectivity index (χ0n) is 25.1. The van der Waals surface area contributed by atoms with Crippen LogP contribution in [0.1, 0.15) is 47.5 Å². The summed E-state index contributed by atoms with van der Waals surface area (Å²) in [5.41, 5.74) is -2.65. The maximum absolute atomic E-state index is 13.7. The fourth-order valence-electron chi connectivity index (χ4n) is 6.56. The van der Waals surface area contributed by atoms with E-state index in [1.165, 1.54) is 0 Å². The summed E-state index contributed by atoms with van der Waals surface area (Å²) in [4.78, 5) is 27.5. The maximum atomic E-state index is 13.7. The Morgan fingerprint density at radius 3 is 2.08 bits per heavy atom. The minimum Gasteiger partial charge on any atom is -0.459 e. The third-order valence-electron chi connectivity index (χ3n) is 8.75. The minimum absolute atomic E-state index is 0.00453. The van der Waals surface area contributed by atoms with Gasteiger partial charge in [0, 0.05) is 5.92 Å². The van der Waals surface area contributed by atoms with Crippen molar-refractivity contribution in [3.63, 3.8) is 0 Å². The number of rotatable bonds is 10. The minimum atomic E-state index is -5.23. The van der Waals surface area contributed by atoms with Gasteiger partial charge in [-0.1, -0.05) is 30.3 Å². The predicted octanol–water partition coefficient (Wildman–Crippen LogP) is 5.60. The van der Waals surface area contributed by atoms with Crippen LogP contribution in [0.25, 0.3) is 11.6 Å². The molecule has 8 nitrogen and oxygen atoms in total. The van der Waals surface area contributed by atoms with E-state index in [0.717, 1.165) is 5.56 Å². The molecule has 4 atom stereocenters. The van der Waals surface area contributed by atoms with Crippen LogP contribution in [-0.2, 0) is 28.5 Å². The maximum Gasteiger partial charge on any atom is 0.416 e. The molecule has 1 aromatic heterocycles. The van der Waals surface area contributed by atoms with Crippen LogP contribution in [0.15, 0.2) is 76.2 Å². The molecule has 48 heavy (non-hydrogen) atoms. The van der Waals surface area contributed by atoms with Crippen molar-refractivity contribution in [1.29, 1.82) is 0 Å². The second-order valence-corrected chi connectivity index (χ2v) is 11.7. The lowest BCUT2D eigenvalue weighted by molar-refractivity contribution is -0.143. The molecule has 256 valence electrons. The number of carbonyl (C=O) groups is 2. The quantitative estimate of drug-likeness (QED) is 0.125. The van der Waals surface area contributed by atoms with Gasteiger partial charge in [-0.25, -0.2) is 4.90 Å². The van der Waals surface area contributed by atoms with Gasteiger partial charge in [0.25, 0.3) is 0 Å². The van der Waals surface area contributed by atoms with Gasteiger partial charge in [0.15, 0.2) is 0 Å². The Morgan fingerprint density at radius 2 is 1.54 bits per heavy atom. The van der Waals surface area contributed by atoms with E-state index in [4.69, 9.17) is 4.42 Å². The Kier molecular flexibility index (Phi) is 10.0. The fraction of sp³-hybridized carbons (Fsp3) is 0.353. The highest BCUT2D eigenvalue weighted by atomic mass is 19.4. The molecule has 2 aromatic carbocycles. The highest BCUT2D eigenvalue weighted by Crippen LogP contribution is 2.48. The van der Waals surface area contributed by atoms with Gasteiger partial charge >= 0.3 is 12.4 Å². The number of halogens is 6. The summed E-state index contributed by atoms with van der Waals surface area (Å²) in [6, 6.07) is 12.7. The molecule has 3 aromatic rings. The number of fused-ring (bicyclic) bond motifs is 1. The molecule has 0 spiro atoms. The van der Waals surface area contributed by atoms with Gasteiger partial charge in [-0.15, -0.1) is 0 Å². The highest BCUT2D eigenvalue weighted by molar-refractivity contribution is 6.22. The van der Waals surface area contributed by atoms with Gasteiger partial charge in [0.1, 0.15) is 18.1 Å². The normalized spacial score (nSPS) is 21.2. The first kappa shape index (κ1) is 35.1. The van der Waals surface area contributed by atoms with Gasteiger partial charge in [0.2, 0.25) is 11.8 Å². The predicted molar refractivity (Wildman–Crippen MR) is 159 cm³/mol. The SMILES string of the molecule is O=C1[C@@H]2[C@@H](CC(CO)=C([C@H](O)CC/C(=C/c3ccc(CO)o3)c3ccccc3)[C@@H]2CO)C(=O)N1c1cc(C(F)(F)F)cc(C(F)(F)F)c1. The lowest BCUT2D eigenvalue weighted by atomic mass is 9.68. The molecular formula is C34H31F6NO7. The van der Waals surface area contributed by atoms with E-state index in [1.54, 1.807) is 30.3 Å². The number of imide groups is 1. The summed E-state index contributed by atoms with van der Waals surface area (Å²) in [6.45, 7) is -1.81. The van der Waals surface area contributed by atoms with Crippen molar-refractivity contribution >= 4 is 29.2 Å². The van der Waals surface area contributed by atoms with Crippen molar-refractivity contribution < 1.29 is 60.8 Å². The molecule has 5 rings (SSSR count). The molecule has 4 N–H and O–H groups in total. The molecule has 1 saturated heterocycles. The van der Waals surface area contributed by atoms with Crippen molar-refractivity contribution in [2.75, 3.05) is 18.1 Å². The Balaban J connectivity index is 1.46. The molecule has 0 radical (unpaired) electrons. The van der Waals surface area contributed by atoms with E-state index in [2.05, 4.69) is 0 Å².